The van der Waals surface area contributed by atoms with Crippen LogP contribution in [-0.4, -0.2) is 8.72 Å². The van der Waals surface area contributed by atoms with Crippen LogP contribution in [0.25, 0.3) is 0 Å². The maximum atomic E-state index is 3.45. The van der Waals surface area contributed by atoms with E-state index in [0.717, 1.165) is 0 Å². The van der Waals surface area contributed by atoms with Crippen molar-refractivity contribution in [3.8, 4) is 0 Å². The monoisotopic (exact) mass is 380 g/mol. The minimum Gasteiger partial charge on any atom is -0.140 e. The van der Waals surface area contributed by atoms with E-state index in [2.05, 4.69) is 76.9 Å². The molecule has 0 atom stereocenters. The zero-order chi connectivity index (χ0) is 7.65. The Kier molecular flexibility index (Phi) is 5.12. The Morgan fingerprint density at radius 1 is 0.889 bits per heavy atom. The molecule has 0 bridgehead atoms. The molecule has 52 valence electrons. The summed E-state index contributed by atoms with van der Waals surface area (Å²) in [5.74, 6) is 0. The lowest BCUT2D eigenvalue weighted by molar-refractivity contribution is 0.959. The van der Waals surface area contributed by atoms with Gasteiger partial charge in [0.2, 0.25) is 0 Å². The molecule has 9 heavy (non-hydrogen) atoms. The summed E-state index contributed by atoms with van der Waals surface area (Å²) in [6, 6.07) is 0. The van der Waals surface area contributed by atoms with Crippen molar-refractivity contribution in [3.63, 3.8) is 0 Å². The molecule has 0 saturated carbocycles. The highest BCUT2D eigenvalue weighted by Gasteiger charge is 2.37. The first-order valence-corrected chi connectivity index (χ1v) is 6.11. The van der Waals surface area contributed by atoms with Crippen molar-refractivity contribution in [2.75, 3.05) is 0 Å². The molecule has 0 unspecified atom stereocenters. The summed E-state index contributed by atoms with van der Waals surface area (Å²) in [7, 11) is 0. The molecule has 0 N–H and O–H groups in total. The van der Waals surface area contributed by atoms with E-state index in [-0.39, 0.29) is 5.21 Å². The van der Waals surface area contributed by atoms with Gasteiger partial charge in [-0.05, 0) is 5.21 Å². The number of rotatable bonds is 2. The average molecular weight is 383 g/mol. The molecule has 0 aliphatic rings. The number of hydrogen-bond acceptors (Lipinski definition) is 0. The van der Waals surface area contributed by atoms with Crippen LogP contribution in [0.5, 0.6) is 0 Å². The van der Waals surface area contributed by atoms with Gasteiger partial charge in [0, 0.05) is 0 Å². The molecular weight excluding hydrogens is 377 g/mol. The van der Waals surface area contributed by atoms with Crippen LogP contribution in [0.15, 0.2) is 0 Å². The highest BCUT2D eigenvalue weighted by molar-refractivity contribution is 9.51. The Balaban J connectivity index is 4.01. The third-order valence-corrected chi connectivity index (χ3v) is 5.84. The summed E-state index contributed by atoms with van der Waals surface area (Å²) >= 11 is 13.8. The second kappa shape index (κ2) is 4.17. The Hall–Kier alpha value is 2.05. The lowest BCUT2D eigenvalue weighted by atomic mass is 9.56. The molecule has 0 saturated heterocycles. The molecule has 0 aliphatic heterocycles. The summed E-state index contributed by atoms with van der Waals surface area (Å²) < 4.78 is 0.641. The van der Waals surface area contributed by atoms with E-state index in [4.69, 9.17) is 0 Å². The van der Waals surface area contributed by atoms with Crippen LogP contribution >= 0.6 is 63.0 Å². The molecule has 0 amide bonds. The van der Waals surface area contributed by atoms with E-state index in [0.29, 0.717) is 8.72 Å². The molecule has 0 aromatic carbocycles. The van der Waals surface area contributed by atoms with Crippen LogP contribution in [0.1, 0.15) is 13.8 Å². The maximum absolute atomic E-state index is 3.45. The van der Waals surface area contributed by atoms with Gasteiger partial charge in [-0.3, -0.25) is 0 Å². The molecule has 0 heterocycles. The predicted molar refractivity (Wildman–Crippen MR) is 61.3 cm³/mol. The zero-order valence-electron chi connectivity index (χ0n) is 5.17. The van der Waals surface area contributed by atoms with E-state index in [9.17, 15) is 0 Å². The summed E-state index contributed by atoms with van der Waals surface area (Å²) in [5, 5.41) is 0.167. The topological polar surface area (TPSA) is 0 Å². The third kappa shape index (κ3) is 3.30. The van der Waals surface area contributed by atoms with Crippen LogP contribution < -0.4 is 0 Å². The van der Waals surface area contributed by atoms with Gasteiger partial charge < -0.3 is 0 Å². The maximum Gasteiger partial charge on any atom is 0.298 e. The van der Waals surface area contributed by atoms with Gasteiger partial charge in [-0.1, -0.05) is 13.8 Å². The lowest BCUT2D eigenvalue weighted by Gasteiger charge is -2.23. The molecule has 0 spiro atoms. The lowest BCUT2D eigenvalue weighted by Crippen LogP contribution is -2.25. The van der Waals surface area contributed by atoms with Gasteiger partial charge in [0.05, 0.1) is 0 Å². The number of halogens is 4. The molecule has 0 nitrogen and oxygen atoms in total. The quantitative estimate of drug-likeness (QED) is 0.636. The second-order valence-corrected chi connectivity index (χ2v) is 8.54. The van der Waals surface area contributed by atoms with E-state index >= 15 is 0 Å². The fourth-order valence-corrected chi connectivity index (χ4v) is 2.57. The SMILES string of the molecule is CC(C)(B(Br)Br)B(Br)Br. The smallest absolute Gasteiger partial charge is 0.140 e. The van der Waals surface area contributed by atoms with Crippen molar-refractivity contribution in [1.29, 1.82) is 0 Å². The number of hydrogen-bond donors (Lipinski definition) is 0. The van der Waals surface area contributed by atoms with Gasteiger partial charge in [0.15, 0.2) is 0 Å². The van der Waals surface area contributed by atoms with E-state index in [1.807, 2.05) is 0 Å². The fraction of sp³-hybridized carbons (Fsp3) is 1.00. The standard InChI is InChI=1S/C3H6B2Br4/c1-3(2,4(6)7)5(8)9/h1-2H3. The Morgan fingerprint density at radius 3 is 1.11 bits per heavy atom. The van der Waals surface area contributed by atoms with Gasteiger partial charge >= 0.3 is 0 Å². The minimum atomic E-state index is 0.167. The van der Waals surface area contributed by atoms with Crippen molar-refractivity contribution in [2.45, 2.75) is 19.1 Å². The largest absolute Gasteiger partial charge is 0.298 e. The van der Waals surface area contributed by atoms with Gasteiger partial charge in [-0.2, -0.15) is 0 Å². The molecule has 0 aromatic heterocycles. The van der Waals surface area contributed by atoms with Crippen LogP contribution in [0.3, 0.4) is 0 Å². The van der Waals surface area contributed by atoms with Crippen molar-refractivity contribution < 1.29 is 0 Å². The van der Waals surface area contributed by atoms with Crippen LogP contribution in [0.2, 0.25) is 5.21 Å². The summed E-state index contributed by atoms with van der Waals surface area (Å²) in [5.41, 5.74) is 0. The van der Waals surface area contributed by atoms with E-state index < -0.39 is 0 Å². The highest BCUT2D eigenvalue weighted by Crippen LogP contribution is 2.42. The first kappa shape index (κ1) is 11.0. The highest BCUT2D eigenvalue weighted by atomic mass is 79.9. The van der Waals surface area contributed by atoms with E-state index in [1.54, 1.807) is 0 Å². The fourth-order valence-electron chi connectivity index (χ4n) is 0.0952. The van der Waals surface area contributed by atoms with Crippen molar-refractivity contribution in [1.82, 2.24) is 0 Å². The van der Waals surface area contributed by atoms with Gasteiger partial charge in [0.25, 0.3) is 8.72 Å². The van der Waals surface area contributed by atoms with Gasteiger partial charge in [-0.15, -0.1) is 63.0 Å². The van der Waals surface area contributed by atoms with E-state index in [1.165, 1.54) is 0 Å². The van der Waals surface area contributed by atoms with Crippen molar-refractivity contribution >= 4 is 71.7 Å². The first-order chi connectivity index (χ1) is 3.89. The van der Waals surface area contributed by atoms with Gasteiger partial charge in [0.1, 0.15) is 0 Å². The summed E-state index contributed by atoms with van der Waals surface area (Å²) in [4.78, 5) is 0. The second-order valence-electron chi connectivity index (χ2n) is 2.42. The molecule has 0 aliphatic carbocycles. The average Bonchev–Trinajstić information content (AvgIpc) is 1.65. The molecule has 0 radical (unpaired) electrons. The molecule has 0 aromatic rings. The molecule has 0 rings (SSSR count). The van der Waals surface area contributed by atoms with Crippen molar-refractivity contribution in [3.05, 3.63) is 0 Å². The van der Waals surface area contributed by atoms with Crippen LogP contribution in [0.4, 0.5) is 0 Å². The van der Waals surface area contributed by atoms with Crippen molar-refractivity contribution in [2.24, 2.45) is 0 Å². The Labute approximate surface area is 90.0 Å². The predicted octanol–water partition coefficient (Wildman–Crippen LogP) is 3.86. The van der Waals surface area contributed by atoms with Crippen LogP contribution in [-0.2, 0) is 0 Å². The summed E-state index contributed by atoms with van der Waals surface area (Å²) in [6.45, 7) is 4.30. The molecule has 6 heteroatoms. The molecule has 0 fully saturated rings. The van der Waals surface area contributed by atoms with Gasteiger partial charge in [-0.25, -0.2) is 0 Å². The Bertz CT molecular complexity index is 81.8. The minimum absolute atomic E-state index is 0.167. The summed E-state index contributed by atoms with van der Waals surface area (Å²) in [6.07, 6.45) is 0. The third-order valence-electron chi connectivity index (χ3n) is 1.12. The first-order valence-electron chi connectivity index (χ1n) is 2.45. The molecular formula is C3H6B2Br4. The Morgan fingerprint density at radius 2 is 1.11 bits per heavy atom. The zero-order valence-corrected chi connectivity index (χ0v) is 11.5. The normalized spacial score (nSPS) is 11.3. The van der Waals surface area contributed by atoms with Crippen LogP contribution in [0, 0.1) is 0 Å².